The summed E-state index contributed by atoms with van der Waals surface area (Å²) in [4.78, 5) is 2.61. The van der Waals surface area contributed by atoms with Crippen molar-refractivity contribution in [2.75, 3.05) is 32.7 Å². The van der Waals surface area contributed by atoms with Crippen LogP contribution in [0.3, 0.4) is 0 Å². The molecule has 1 aliphatic heterocycles. The van der Waals surface area contributed by atoms with E-state index >= 15 is 0 Å². The Morgan fingerprint density at radius 1 is 1.07 bits per heavy atom. The molecular formula is C11H23N3. The fourth-order valence-electron chi connectivity index (χ4n) is 2.63. The Bertz CT molecular complexity index is 158. The summed E-state index contributed by atoms with van der Waals surface area (Å²) in [7, 11) is 0. The number of nitrogens with zero attached hydrogens (tertiary/aromatic N) is 1. The first-order valence-electron chi connectivity index (χ1n) is 6.03. The van der Waals surface area contributed by atoms with Crippen LogP contribution >= 0.6 is 0 Å². The van der Waals surface area contributed by atoms with Gasteiger partial charge in [-0.2, -0.15) is 0 Å². The van der Waals surface area contributed by atoms with Gasteiger partial charge in [0, 0.05) is 38.8 Å². The predicted molar refractivity (Wildman–Crippen MR) is 59.2 cm³/mol. The molecule has 3 N–H and O–H groups in total. The normalized spacial score (nSPS) is 35.8. The van der Waals surface area contributed by atoms with Crippen molar-refractivity contribution in [1.29, 1.82) is 0 Å². The summed E-state index contributed by atoms with van der Waals surface area (Å²) in [5.41, 5.74) is 5.91. The SMILES string of the molecule is NC1CCC(CN2CCNCC2)CC1. The molecule has 0 spiro atoms. The van der Waals surface area contributed by atoms with Crippen LogP contribution in [0.5, 0.6) is 0 Å². The van der Waals surface area contributed by atoms with Crippen LogP contribution < -0.4 is 11.1 Å². The molecule has 14 heavy (non-hydrogen) atoms. The van der Waals surface area contributed by atoms with E-state index in [1.54, 1.807) is 0 Å². The second-order valence-corrected chi connectivity index (χ2v) is 4.83. The molecule has 0 aromatic carbocycles. The molecular weight excluding hydrogens is 174 g/mol. The van der Waals surface area contributed by atoms with Crippen LogP contribution in [-0.2, 0) is 0 Å². The third-order valence-electron chi connectivity index (χ3n) is 3.62. The zero-order chi connectivity index (χ0) is 9.80. The Balaban J connectivity index is 1.68. The first kappa shape index (κ1) is 10.4. The Labute approximate surface area is 87.0 Å². The Morgan fingerprint density at radius 3 is 2.36 bits per heavy atom. The molecule has 2 rings (SSSR count). The summed E-state index contributed by atoms with van der Waals surface area (Å²) in [6.07, 6.45) is 5.20. The summed E-state index contributed by atoms with van der Waals surface area (Å²) >= 11 is 0. The van der Waals surface area contributed by atoms with E-state index in [1.807, 2.05) is 0 Å². The number of hydrogen-bond acceptors (Lipinski definition) is 3. The highest BCUT2D eigenvalue weighted by Crippen LogP contribution is 2.23. The Kier molecular flexibility index (Phi) is 3.79. The minimum absolute atomic E-state index is 0.495. The molecule has 0 aromatic rings. The largest absolute Gasteiger partial charge is 0.328 e. The average molecular weight is 197 g/mol. The maximum atomic E-state index is 5.91. The van der Waals surface area contributed by atoms with Crippen LogP contribution in [0.4, 0.5) is 0 Å². The van der Waals surface area contributed by atoms with Crippen LogP contribution in [0, 0.1) is 5.92 Å². The van der Waals surface area contributed by atoms with Crippen LogP contribution in [0.1, 0.15) is 25.7 Å². The molecule has 0 amide bonds. The van der Waals surface area contributed by atoms with Crippen molar-refractivity contribution >= 4 is 0 Å². The van der Waals surface area contributed by atoms with E-state index in [2.05, 4.69) is 10.2 Å². The molecule has 1 heterocycles. The number of nitrogens with one attached hydrogen (secondary N) is 1. The fraction of sp³-hybridized carbons (Fsp3) is 1.00. The molecule has 2 aliphatic rings. The number of nitrogens with two attached hydrogens (primary N) is 1. The lowest BCUT2D eigenvalue weighted by Gasteiger charge is -2.33. The van der Waals surface area contributed by atoms with E-state index < -0.39 is 0 Å². The third-order valence-corrected chi connectivity index (χ3v) is 3.62. The van der Waals surface area contributed by atoms with E-state index in [4.69, 9.17) is 5.73 Å². The van der Waals surface area contributed by atoms with Gasteiger partial charge >= 0.3 is 0 Å². The molecule has 1 saturated heterocycles. The Morgan fingerprint density at radius 2 is 1.71 bits per heavy atom. The summed E-state index contributed by atoms with van der Waals surface area (Å²) in [5, 5.41) is 3.40. The van der Waals surface area contributed by atoms with Crippen LogP contribution in [-0.4, -0.2) is 43.7 Å². The zero-order valence-electron chi connectivity index (χ0n) is 9.04. The lowest BCUT2D eigenvalue weighted by atomic mass is 9.86. The lowest BCUT2D eigenvalue weighted by Crippen LogP contribution is -2.46. The van der Waals surface area contributed by atoms with Crippen molar-refractivity contribution in [3.63, 3.8) is 0 Å². The molecule has 1 saturated carbocycles. The third kappa shape index (κ3) is 2.94. The highest BCUT2D eigenvalue weighted by atomic mass is 15.2. The highest BCUT2D eigenvalue weighted by molar-refractivity contribution is 4.78. The molecule has 0 aromatic heterocycles. The first-order valence-corrected chi connectivity index (χ1v) is 6.03. The molecule has 0 atom stereocenters. The quantitative estimate of drug-likeness (QED) is 0.674. The van der Waals surface area contributed by atoms with E-state index in [0.29, 0.717) is 6.04 Å². The van der Waals surface area contributed by atoms with Crippen molar-refractivity contribution in [2.45, 2.75) is 31.7 Å². The van der Waals surface area contributed by atoms with Gasteiger partial charge < -0.3 is 16.0 Å². The van der Waals surface area contributed by atoms with Crippen molar-refractivity contribution in [1.82, 2.24) is 10.2 Å². The molecule has 0 bridgehead atoms. The summed E-state index contributed by atoms with van der Waals surface area (Å²) in [6.45, 7) is 6.14. The van der Waals surface area contributed by atoms with Crippen LogP contribution in [0.2, 0.25) is 0 Å². The van der Waals surface area contributed by atoms with Crippen LogP contribution in [0.25, 0.3) is 0 Å². The van der Waals surface area contributed by atoms with E-state index in [0.717, 1.165) is 5.92 Å². The van der Waals surface area contributed by atoms with Gasteiger partial charge in [0.2, 0.25) is 0 Å². The van der Waals surface area contributed by atoms with Gasteiger partial charge in [0.15, 0.2) is 0 Å². The molecule has 0 unspecified atom stereocenters. The topological polar surface area (TPSA) is 41.3 Å². The Hall–Kier alpha value is -0.120. The van der Waals surface area contributed by atoms with Gasteiger partial charge in [0.1, 0.15) is 0 Å². The van der Waals surface area contributed by atoms with Crippen molar-refractivity contribution < 1.29 is 0 Å². The van der Waals surface area contributed by atoms with Gasteiger partial charge in [-0.3, -0.25) is 0 Å². The standard InChI is InChI=1S/C11H23N3/c12-11-3-1-10(2-4-11)9-14-7-5-13-6-8-14/h10-11,13H,1-9,12H2. The first-order chi connectivity index (χ1) is 6.84. The lowest BCUT2D eigenvalue weighted by molar-refractivity contribution is 0.177. The molecule has 3 nitrogen and oxygen atoms in total. The summed E-state index contributed by atoms with van der Waals surface area (Å²) < 4.78 is 0. The maximum absolute atomic E-state index is 5.91. The van der Waals surface area contributed by atoms with Crippen molar-refractivity contribution in [2.24, 2.45) is 11.7 Å². The number of piperazine rings is 1. The molecule has 2 fully saturated rings. The second-order valence-electron chi connectivity index (χ2n) is 4.83. The van der Waals surface area contributed by atoms with Crippen molar-refractivity contribution in [3.05, 3.63) is 0 Å². The number of hydrogen-bond donors (Lipinski definition) is 2. The van der Waals surface area contributed by atoms with Gasteiger partial charge in [-0.25, -0.2) is 0 Å². The van der Waals surface area contributed by atoms with Crippen molar-refractivity contribution in [3.8, 4) is 0 Å². The molecule has 82 valence electrons. The van der Waals surface area contributed by atoms with Crippen LogP contribution in [0.15, 0.2) is 0 Å². The zero-order valence-corrected chi connectivity index (χ0v) is 9.04. The molecule has 1 aliphatic carbocycles. The minimum Gasteiger partial charge on any atom is -0.328 e. The second kappa shape index (κ2) is 5.10. The maximum Gasteiger partial charge on any atom is 0.0107 e. The van der Waals surface area contributed by atoms with Gasteiger partial charge in [0.05, 0.1) is 0 Å². The monoisotopic (exact) mass is 197 g/mol. The minimum atomic E-state index is 0.495. The summed E-state index contributed by atoms with van der Waals surface area (Å²) in [6, 6.07) is 0.495. The molecule has 3 heteroatoms. The van der Waals surface area contributed by atoms with E-state index in [9.17, 15) is 0 Å². The van der Waals surface area contributed by atoms with Gasteiger partial charge in [-0.05, 0) is 31.6 Å². The van der Waals surface area contributed by atoms with E-state index in [1.165, 1.54) is 58.4 Å². The van der Waals surface area contributed by atoms with Gasteiger partial charge in [0.25, 0.3) is 0 Å². The average Bonchev–Trinajstić information content (AvgIpc) is 2.23. The van der Waals surface area contributed by atoms with Gasteiger partial charge in [-0.15, -0.1) is 0 Å². The summed E-state index contributed by atoms with van der Waals surface area (Å²) in [5.74, 6) is 0.924. The van der Waals surface area contributed by atoms with E-state index in [-0.39, 0.29) is 0 Å². The highest BCUT2D eigenvalue weighted by Gasteiger charge is 2.21. The predicted octanol–water partition coefficient (Wildman–Crippen LogP) is 0.409. The number of rotatable bonds is 2. The fourth-order valence-corrected chi connectivity index (χ4v) is 2.63. The van der Waals surface area contributed by atoms with Gasteiger partial charge in [-0.1, -0.05) is 0 Å². The molecule has 0 radical (unpaired) electrons. The smallest absolute Gasteiger partial charge is 0.0107 e.